The molecule has 4 rings (SSSR count). The van der Waals surface area contributed by atoms with E-state index in [2.05, 4.69) is 6.92 Å². The van der Waals surface area contributed by atoms with Crippen LogP contribution < -0.4 is 0 Å². The molecule has 8 heteroatoms. The first-order chi connectivity index (χ1) is 15.3. The van der Waals surface area contributed by atoms with Gasteiger partial charge in [-0.3, -0.25) is 9.59 Å². The molecule has 9 atom stereocenters. The zero-order valence-electron chi connectivity index (χ0n) is 20.5. The number of rotatable bonds is 3. The van der Waals surface area contributed by atoms with E-state index in [1.54, 1.807) is 7.11 Å². The van der Waals surface area contributed by atoms with Crippen LogP contribution in [0.15, 0.2) is 11.6 Å². The number of fused-ring (bicyclic) bond motifs is 4. The Labute approximate surface area is 195 Å². The molecule has 8 nitrogen and oxygen atoms in total. The quantitative estimate of drug-likeness (QED) is 0.502. The molecule has 0 aromatic rings. The molecule has 0 unspecified atom stereocenters. The van der Waals surface area contributed by atoms with Gasteiger partial charge in [0.05, 0.1) is 6.10 Å². The lowest BCUT2D eigenvalue weighted by atomic mass is 9.41. The Bertz CT molecular complexity index is 893. The van der Waals surface area contributed by atoms with Crippen molar-refractivity contribution in [2.45, 2.75) is 84.9 Å². The molecule has 0 aromatic heterocycles. The van der Waals surface area contributed by atoms with E-state index in [-0.39, 0.29) is 41.2 Å². The Morgan fingerprint density at radius 2 is 1.79 bits per heavy atom. The van der Waals surface area contributed by atoms with Gasteiger partial charge < -0.3 is 24.1 Å². The highest BCUT2D eigenvalue weighted by Crippen LogP contribution is 2.67. The van der Waals surface area contributed by atoms with Crippen LogP contribution in [0.1, 0.15) is 60.8 Å². The molecule has 0 spiro atoms. The molecule has 0 bridgehead atoms. The maximum Gasteiger partial charge on any atom is 0.333 e. The average molecular weight is 465 g/mol. The molecule has 0 amide bonds. The van der Waals surface area contributed by atoms with Crippen molar-refractivity contribution in [3.8, 4) is 0 Å². The van der Waals surface area contributed by atoms with Crippen LogP contribution in [-0.2, 0) is 33.3 Å². The summed E-state index contributed by atoms with van der Waals surface area (Å²) in [4.78, 5) is 36.3. The monoisotopic (exact) mass is 464 g/mol. The van der Waals surface area contributed by atoms with Crippen molar-refractivity contribution in [1.82, 2.24) is 0 Å². The fourth-order valence-corrected chi connectivity index (χ4v) is 7.95. The smallest absolute Gasteiger partial charge is 0.333 e. The summed E-state index contributed by atoms with van der Waals surface area (Å²) in [6.07, 6.45) is 1.18. The fraction of sp³-hybridized carbons (Fsp3) is 0.800. The largest absolute Gasteiger partial charge is 0.462 e. The summed E-state index contributed by atoms with van der Waals surface area (Å²) < 4.78 is 23.1. The zero-order valence-corrected chi connectivity index (χ0v) is 20.5. The lowest BCUT2D eigenvalue weighted by molar-refractivity contribution is -0.280. The van der Waals surface area contributed by atoms with Crippen molar-refractivity contribution in [2.75, 3.05) is 7.11 Å². The molecule has 3 fully saturated rings. The molecule has 1 N–H and O–H groups in total. The number of hydrogen-bond acceptors (Lipinski definition) is 8. The van der Waals surface area contributed by atoms with Crippen molar-refractivity contribution >= 4 is 17.9 Å². The lowest BCUT2D eigenvalue weighted by Crippen LogP contribution is -2.70. The third-order valence-corrected chi connectivity index (χ3v) is 9.13. The number of carbonyl (C=O) groups excluding carboxylic acids is 3. The summed E-state index contributed by atoms with van der Waals surface area (Å²) in [5.41, 5.74) is -0.229. The zero-order chi connectivity index (χ0) is 24.5. The van der Waals surface area contributed by atoms with Gasteiger partial charge in [-0.2, -0.15) is 0 Å². The van der Waals surface area contributed by atoms with Crippen LogP contribution in [-0.4, -0.2) is 54.2 Å². The summed E-state index contributed by atoms with van der Waals surface area (Å²) >= 11 is 0. The highest BCUT2D eigenvalue weighted by Gasteiger charge is 2.70. The van der Waals surface area contributed by atoms with E-state index in [9.17, 15) is 19.5 Å². The van der Waals surface area contributed by atoms with E-state index in [1.807, 2.05) is 20.8 Å². The van der Waals surface area contributed by atoms with Gasteiger partial charge in [-0.05, 0) is 36.0 Å². The average Bonchev–Trinajstić information content (AvgIpc) is 3.04. The third-order valence-electron chi connectivity index (χ3n) is 9.13. The number of ether oxygens (including phenoxy) is 4. The minimum absolute atomic E-state index is 0.0696. The predicted octanol–water partition coefficient (Wildman–Crippen LogP) is 2.76. The van der Waals surface area contributed by atoms with Gasteiger partial charge in [0.1, 0.15) is 12.2 Å². The van der Waals surface area contributed by atoms with E-state index in [0.717, 1.165) is 5.57 Å². The molecule has 33 heavy (non-hydrogen) atoms. The first-order valence-electron chi connectivity index (χ1n) is 11.8. The lowest BCUT2D eigenvalue weighted by Gasteiger charge is -2.66. The number of esters is 3. The summed E-state index contributed by atoms with van der Waals surface area (Å²) in [7, 11) is 1.54. The SMILES string of the molecule is CO[C@@]12C[C@@H]3[C@H]([C@@H](O)[C@@H](OC(C)=O)[C@H]4C(C)(C)[C@@H](OC(C)=O)CC[C@@]34C)[C@@H](C)C1=CC(=O)O2. The van der Waals surface area contributed by atoms with Crippen LogP contribution in [0.5, 0.6) is 0 Å². The Balaban J connectivity index is 1.84. The van der Waals surface area contributed by atoms with Crippen molar-refractivity contribution < 1.29 is 38.4 Å². The molecular formula is C25H36O8. The number of aliphatic hydroxyl groups is 1. The van der Waals surface area contributed by atoms with Crippen molar-refractivity contribution in [2.24, 2.45) is 34.5 Å². The fourth-order valence-electron chi connectivity index (χ4n) is 7.95. The predicted molar refractivity (Wildman–Crippen MR) is 116 cm³/mol. The molecule has 3 saturated carbocycles. The second-order valence-electron chi connectivity index (χ2n) is 11.2. The Hall–Kier alpha value is -1.93. The van der Waals surface area contributed by atoms with Crippen LogP contribution in [0, 0.1) is 34.5 Å². The summed E-state index contributed by atoms with van der Waals surface area (Å²) in [5, 5.41) is 11.7. The number of hydrogen-bond donors (Lipinski definition) is 1. The minimum atomic E-state index is -1.14. The molecule has 0 radical (unpaired) electrons. The second kappa shape index (κ2) is 7.80. The minimum Gasteiger partial charge on any atom is -0.462 e. The number of carbonyl (C=O) groups is 3. The van der Waals surface area contributed by atoms with Gasteiger partial charge in [0.2, 0.25) is 5.79 Å². The Kier molecular flexibility index (Phi) is 5.72. The van der Waals surface area contributed by atoms with Crippen LogP contribution in [0.25, 0.3) is 0 Å². The van der Waals surface area contributed by atoms with Crippen molar-refractivity contribution in [3.05, 3.63) is 11.6 Å². The van der Waals surface area contributed by atoms with Gasteiger partial charge in [-0.1, -0.05) is 27.7 Å². The van der Waals surface area contributed by atoms with Gasteiger partial charge in [-0.15, -0.1) is 0 Å². The van der Waals surface area contributed by atoms with Gasteiger partial charge >= 0.3 is 17.9 Å². The van der Waals surface area contributed by atoms with Crippen molar-refractivity contribution in [1.29, 1.82) is 0 Å². The summed E-state index contributed by atoms with van der Waals surface area (Å²) in [6, 6.07) is 0. The summed E-state index contributed by atoms with van der Waals surface area (Å²) in [5.74, 6) is -3.21. The topological polar surface area (TPSA) is 108 Å². The van der Waals surface area contributed by atoms with Gasteiger partial charge in [0, 0.05) is 50.4 Å². The molecule has 0 aromatic carbocycles. The second-order valence-corrected chi connectivity index (χ2v) is 11.2. The highest BCUT2D eigenvalue weighted by molar-refractivity contribution is 5.86. The molecule has 184 valence electrons. The molecular weight excluding hydrogens is 428 g/mol. The Morgan fingerprint density at radius 3 is 2.36 bits per heavy atom. The maximum atomic E-state index is 12.3. The molecule has 0 saturated heterocycles. The maximum absolute atomic E-state index is 12.3. The summed E-state index contributed by atoms with van der Waals surface area (Å²) in [6.45, 7) is 10.9. The number of aliphatic hydroxyl groups excluding tert-OH is 1. The van der Waals surface area contributed by atoms with Crippen LogP contribution in [0.3, 0.4) is 0 Å². The van der Waals surface area contributed by atoms with Crippen LogP contribution in [0.4, 0.5) is 0 Å². The van der Waals surface area contributed by atoms with Gasteiger partial charge in [0.25, 0.3) is 0 Å². The first-order valence-corrected chi connectivity index (χ1v) is 11.8. The standard InChI is InChI=1S/C25H36O8/c1-12-15-10-18(28)33-25(15,30-7)11-16-19(12)20(29)21(32-14(3)27)22-23(4,5)17(31-13(2)26)8-9-24(16,22)6/h10,12,16-17,19-22,29H,8-9,11H2,1-7H3/t12-,16+,17-,19+,20+,21+,22-,24-,25+/m0/s1. The third kappa shape index (κ3) is 3.43. The van der Waals surface area contributed by atoms with Crippen LogP contribution in [0.2, 0.25) is 0 Å². The van der Waals surface area contributed by atoms with E-state index in [1.165, 1.54) is 19.9 Å². The molecule has 1 aliphatic heterocycles. The van der Waals surface area contributed by atoms with Crippen LogP contribution >= 0.6 is 0 Å². The van der Waals surface area contributed by atoms with E-state index in [0.29, 0.717) is 19.3 Å². The van der Waals surface area contributed by atoms with E-state index < -0.39 is 35.3 Å². The van der Waals surface area contributed by atoms with E-state index in [4.69, 9.17) is 18.9 Å². The number of methoxy groups -OCH3 is 1. The highest BCUT2D eigenvalue weighted by atomic mass is 16.7. The van der Waals surface area contributed by atoms with E-state index >= 15 is 0 Å². The molecule has 3 aliphatic carbocycles. The Morgan fingerprint density at radius 1 is 1.15 bits per heavy atom. The first kappa shape index (κ1) is 24.2. The van der Waals surface area contributed by atoms with Crippen molar-refractivity contribution in [3.63, 3.8) is 0 Å². The molecule has 4 aliphatic rings. The van der Waals surface area contributed by atoms with Gasteiger partial charge in [0.15, 0.2) is 0 Å². The normalized spacial score (nSPS) is 45.6. The molecule has 1 heterocycles. The van der Waals surface area contributed by atoms with Gasteiger partial charge in [-0.25, -0.2) is 4.79 Å².